The number of amides is 1. The molecule has 158 valence electrons. The summed E-state index contributed by atoms with van der Waals surface area (Å²) in [6.07, 6.45) is 0. The molecular formula is C25H24N2O4. The number of para-hydroxylation sites is 1. The van der Waals surface area contributed by atoms with E-state index in [-0.39, 0.29) is 5.91 Å². The largest absolute Gasteiger partial charge is 0.495 e. The SMILES string of the molecule is COc1ccc(-c2nc3cc(C)ccc3o2)cc1NC(=O)C(C)(C)Oc1ccccc1. The lowest BCUT2D eigenvalue weighted by molar-refractivity contribution is -0.128. The first kappa shape index (κ1) is 20.5. The summed E-state index contributed by atoms with van der Waals surface area (Å²) in [6.45, 7) is 5.44. The molecule has 1 heterocycles. The van der Waals surface area contributed by atoms with Gasteiger partial charge in [0.15, 0.2) is 11.2 Å². The molecule has 0 saturated heterocycles. The molecule has 6 nitrogen and oxygen atoms in total. The van der Waals surface area contributed by atoms with Crippen LogP contribution in [0.15, 0.2) is 71.1 Å². The number of hydrogen-bond acceptors (Lipinski definition) is 5. The summed E-state index contributed by atoms with van der Waals surface area (Å²) in [4.78, 5) is 17.6. The number of carbonyl (C=O) groups is 1. The zero-order valence-corrected chi connectivity index (χ0v) is 17.9. The van der Waals surface area contributed by atoms with Crippen molar-refractivity contribution in [3.05, 3.63) is 72.3 Å². The van der Waals surface area contributed by atoms with Crippen LogP contribution in [-0.2, 0) is 4.79 Å². The average molecular weight is 416 g/mol. The van der Waals surface area contributed by atoms with Crippen LogP contribution in [0, 0.1) is 6.92 Å². The Hall–Kier alpha value is -3.80. The van der Waals surface area contributed by atoms with Crippen molar-refractivity contribution in [2.24, 2.45) is 0 Å². The van der Waals surface area contributed by atoms with Gasteiger partial charge in [-0.1, -0.05) is 24.3 Å². The van der Waals surface area contributed by atoms with Gasteiger partial charge in [0.25, 0.3) is 5.91 Å². The van der Waals surface area contributed by atoms with Crippen LogP contribution in [0.5, 0.6) is 11.5 Å². The molecule has 0 aliphatic rings. The summed E-state index contributed by atoms with van der Waals surface area (Å²) in [6, 6.07) is 20.5. The fourth-order valence-corrected chi connectivity index (χ4v) is 3.20. The maximum absolute atomic E-state index is 13.0. The minimum Gasteiger partial charge on any atom is -0.495 e. The van der Waals surface area contributed by atoms with E-state index in [0.29, 0.717) is 28.7 Å². The van der Waals surface area contributed by atoms with Gasteiger partial charge in [-0.3, -0.25) is 4.79 Å². The smallest absolute Gasteiger partial charge is 0.268 e. The number of nitrogens with one attached hydrogen (secondary N) is 1. The quantitative estimate of drug-likeness (QED) is 0.442. The van der Waals surface area contributed by atoms with Crippen molar-refractivity contribution in [1.29, 1.82) is 0 Å². The number of oxazole rings is 1. The van der Waals surface area contributed by atoms with Crippen LogP contribution < -0.4 is 14.8 Å². The molecule has 1 amide bonds. The van der Waals surface area contributed by atoms with Crippen LogP contribution in [0.25, 0.3) is 22.6 Å². The van der Waals surface area contributed by atoms with Crippen molar-refractivity contribution in [2.45, 2.75) is 26.4 Å². The van der Waals surface area contributed by atoms with E-state index in [1.54, 1.807) is 33.1 Å². The fourth-order valence-electron chi connectivity index (χ4n) is 3.20. The van der Waals surface area contributed by atoms with E-state index in [1.165, 1.54) is 0 Å². The molecule has 0 unspecified atom stereocenters. The average Bonchev–Trinajstić information content (AvgIpc) is 3.17. The molecule has 0 bridgehead atoms. The molecule has 4 aromatic rings. The number of aromatic nitrogens is 1. The second kappa shape index (κ2) is 8.14. The van der Waals surface area contributed by atoms with Crippen molar-refractivity contribution in [3.8, 4) is 23.0 Å². The van der Waals surface area contributed by atoms with E-state index in [4.69, 9.17) is 13.9 Å². The third-order valence-corrected chi connectivity index (χ3v) is 4.90. The lowest BCUT2D eigenvalue weighted by atomic mass is 10.1. The summed E-state index contributed by atoms with van der Waals surface area (Å²) in [5.41, 5.74) is 2.74. The van der Waals surface area contributed by atoms with E-state index in [0.717, 1.165) is 16.6 Å². The molecule has 31 heavy (non-hydrogen) atoms. The molecule has 3 aromatic carbocycles. The van der Waals surface area contributed by atoms with Crippen molar-refractivity contribution >= 4 is 22.7 Å². The Kier molecular flexibility index (Phi) is 5.38. The molecular weight excluding hydrogens is 392 g/mol. The minimum absolute atomic E-state index is 0.306. The summed E-state index contributed by atoms with van der Waals surface area (Å²) < 4.78 is 17.2. The Labute approximate surface area is 180 Å². The Morgan fingerprint density at radius 1 is 1.03 bits per heavy atom. The highest BCUT2D eigenvalue weighted by Crippen LogP contribution is 2.33. The van der Waals surface area contributed by atoms with Gasteiger partial charge in [-0.15, -0.1) is 0 Å². The summed E-state index contributed by atoms with van der Waals surface area (Å²) in [7, 11) is 1.55. The van der Waals surface area contributed by atoms with Gasteiger partial charge in [-0.2, -0.15) is 0 Å². The maximum atomic E-state index is 13.0. The van der Waals surface area contributed by atoms with E-state index in [2.05, 4.69) is 10.3 Å². The molecule has 0 aliphatic carbocycles. The molecule has 4 rings (SSSR count). The first-order chi connectivity index (χ1) is 14.9. The molecule has 0 fully saturated rings. The second-order valence-corrected chi connectivity index (χ2v) is 7.78. The lowest BCUT2D eigenvalue weighted by Gasteiger charge is -2.25. The highest BCUT2D eigenvalue weighted by molar-refractivity contribution is 5.98. The maximum Gasteiger partial charge on any atom is 0.268 e. The number of hydrogen-bond donors (Lipinski definition) is 1. The molecule has 0 saturated carbocycles. The standard InChI is InChI=1S/C25H24N2O4/c1-16-10-12-22-19(14-16)26-23(30-22)17-11-13-21(29-4)20(15-17)27-24(28)25(2,3)31-18-8-6-5-7-9-18/h5-15H,1-4H3,(H,27,28). The number of benzene rings is 3. The van der Waals surface area contributed by atoms with Crippen LogP contribution in [0.4, 0.5) is 5.69 Å². The topological polar surface area (TPSA) is 73.6 Å². The van der Waals surface area contributed by atoms with Gasteiger partial charge in [0.2, 0.25) is 5.89 Å². The van der Waals surface area contributed by atoms with Crippen molar-refractivity contribution in [1.82, 2.24) is 4.98 Å². The third kappa shape index (κ3) is 4.38. The van der Waals surface area contributed by atoms with Crippen LogP contribution in [-0.4, -0.2) is 23.6 Å². The number of anilines is 1. The summed E-state index contributed by atoms with van der Waals surface area (Å²) in [5.74, 6) is 1.31. The van der Waals surface area contributed by atoms with Gasteiger partial charge >= 0.3 is 0 Å². The Morgan fingerprint density at radius 3 is 2.55 bits per heavy atom. The number of aryl methyl sites for hydroxylation is 1. The van der Waals surface area contributed by atoms with Gasteiger partial charge in [-0.25, -0.2) is 4.98 Å². The van der Waals surface area contributed by atoms with Gasteiger partial charge < -0.3 is 19.2 Å². The number of rotatable bonds is 6. The molecule has 0 atom stereocenters. The normalized spacial score (nSPS) is 11.4. The third-order valence-electron chi connectivity index (χ3n) is 4.90. The Bertz CT molecular complexity index is 1230. The zero-order chi connectivity index (χ0) is 22.0. The molecule has 0 aliphatic heterocycles. The van der Waals surface area contributed by atoms with Gasteiger partial charge in [-0.05, 0) is 68.8 Å². The van der Waals surface area contributed by atoms with Gasteiger partial charge in [0, 0.05) is 5.56 Å². The summed E-state index contributed by atoms with van der Waals surface area (Å²) >= 11 is 0. The Balaban J connectivity index is 1.62. The fraction of sp³-hybridized carbons (Fsp3) is 0.200. The number of carbonyl (C=O) groups excluding carboxylic acids is 1. The molecule has 1 aromatic heterocycles. The molecule has 6 heteroatoms. The molecule has 0 spiro atoms. The highest BCUT2D eigenvalue weighted by Gasteiger charge is 2.31. The van der Waals surface area contributed by atoms with E-state index < -0.39 is 5.60 Å². The monoisotopic (exact) mass is 416 g/mol. The van der Waals surface area contributed by atoms with E-state index in [1.807, 2.05) is 61.5 Å². The van der Waals surface area contributed by atoms with E-state index in [9.17, 15) is 4.79 Å². The van der Waals surface area contributed by atoms with Gasteiger partial charge in [0.1, 0.15) is 17.0 Å². The highest BCUT2D eigenvalue weighted by atomic mass is 16.5. The number of ether oxygens (including phenoxy) is 2. The van der Waals surface area contributed by atoms with Crippen LogP contribution >= 0.6 is 0 Å². The van der Waals surface area contributed by atoms with E-state index >= 15 is 0 Å². The van der Waals surface area contributed by atoms with Crippen molar-refractivity contribution in [3.63, 3.8) is 0 Å². The van der Waals surface area contributed by atoms with Crippen molar-refractivity contribution < 1.29 is 18.7 Å². The first-order valence-corrected chi connectivity index (χ1v) is 9.97. The zero-order valence-electron chi connectivity index (χ0n) is 17.9. The number of methoxy groups -OCH3 is 1. The predicted molar refractivity (Wildman–Crippen MR) is 121 cm³/mol. The number of nitrogens with zero attached hydrogens (tertiary/aromatic N) is 1. The first-order valence-electron chi connectivity index (χ1n) is 9.97. The van der Waals surface area contributed by atoms with Crippen molar-refractivity contribution in [2.75, 3.05) is 12.4 Å². The molecule has 1 N–H and O–H groups in total. The predicted octanol–water partition coefficient (Wildman–Crippen LogP) is 5.61. The van der Waals surface area contributed by atoms with Gasteiger partial charge in [0.05, 0.1) is 12.8 Å². The summed E-state index contributed by atoms with van der Waals surface area (Å²) in [5, 5.41) is 2.92. The lowest BCUT2D eigenvalue weighted by Crippen LogP contribution is -2.42. The van der Waals surface area contributed by atoms with Crippen LogP contribution in [0.2, 0.25) is 0 Å². The second-order valence-electron chi connectivity index (χ2n) is 7.78. The number of fused-ring (bicyclic) bond motifs is 1. The molecule has 0 radical (unpaired) electrons. The minimum atomic E-state index is -1.10. The van der Waals surface area contributed by atoms with Crippen LogP contribution in [0.3, 0.4) is 0 Å². The van der Waals surface area contributed by atoms with Crippen LogP contribution in [0.1, 0.15) is 19.4 Å². The Morgan fingerprint density at radius 2 is 1.81 bits per heavy atom.